The largest absolute Gasteiger partial charge is 0.319 e. The van der Waals surface area contributed by atoms with Crippen molar-refractivity contribution in [2.45, 2.75) is 64.3 Å². The molecule has 4 aliphatic carbocycles. The Labute approximate surface area is 244 Å². The van der Waals surface area contributed by atoms with Gasteiger partial charge in [0.25, 0.3) is 5.91 Å². The molecule has 4 bridgehead atoms. The third kappa shape index (κ3) is 4.46. The summed E-state index contributed by atoms with van der Waals surface area (Å²) in [6.45, 7) is 2.46. The van der Waals surface area contributed by atoms with E-state index in [0.29, 0.717) is 40.4 Å². The van der Waals surface area contributed by atoms with Crippen LogP contribution in [0.4, 0.5) is 27.6 Å². The van der Waals surface area contributed by atoms with E-state index in [9.17, 15) is 26.7 Å². The number of aryl methyl sites for hydroxylation is 1. The Morgan fingerprint density at radius 3 is 2.00 bits per heavy atom. The number of benzene rings is 2. The zero-order chi connectivity index (χ0) is 30.2. The third-order valence-electron chi connectivity index (χ3n) is 9.75. The number of halogens is 5. The summed E-state index contributed by atoms with van der Waals surface area (Å²) >= 11 is 0. The van der Waals surface area contributed by atoms with Crippen LogP contribution in [0.15, 0.2) is 36.5 Å². The van der Waals surface area contributed by atoms with Gasteiger partial charge in [0.2, 0.25) is 5.82 Å². The third-order valence-corrected chi connectivity index (χ3v) is 9.75. The molecule has 0 spiro atoms. The van der Waals surface area contributed by atoms with Crippen molar-refractivity contribution in [1.82, 2.24) is 19.6 Å². The average Bonchev–Trinajstić information content (AvgIpc) is 3.55. The highest BCUT2D eigenvalue weighted by molar-refractivity contribution is 6.05. The van der Waals surface area contributed by atoms with E-state index in [1.54, 1.807) is 24.7 Å². The lowest BCUT2D eigenvalue weighted by Gasteiger charge is -2.56. The fourth-order valence-electron chi connectivity index (χ4n) is 8.20. The van der Waals surface area contributed by atoms with Crippen molar-refractivity contribution in [3.8, 4) is 5.69 Å². The maximum Gasteiger partial charge on any atom is 0.259 e. The van der Waals surface area contributed by atoms with Gasteiger partial charge in [0.05, 0.1) is 46.1 Å². The van der Waals surface area contributed by atoms with Crippen molar-refractivity contribution >= 4 is 11.6 Å². The molecule has 0 atom stereocenters. The van der Waals surface area contributed by atoms with Crippen LogP contribution in [0.5, 0.6) is 0 Å². The SMILES string of the molecule is Cc1nn(Cc2c(F)c(F)c(F)c(F)c2F)c(C)c1NC(=O)c1cn(-c2ccccc2)nc1C12CC3CC(CC(C3)C1)C2. The Morgan fingerprint density at radius 1 is 0.860 bits per heavy atom. The van der Waals surface area contributed by atoms with Gasteiger partial charge >= 0.3 is 0 Å². The minimum atomic E-state index is -2.22. The molecule has 4 saturated carbocycles. The predicted molar refractivity (Wildman–Crippen MR) is 148 cm³/mol. The van der Waals surface area contributed by atoms with E-state index in [-0.39, 0.29) is 5.41 Å². The summed E-state index contributed by atoms with van der Waals surface area (Å²) in [4.78, 5) is 14.0. The zero-order valence-electron chi connectivity index (χ0n) is 23.7. The number of anilines is 1. The number of hydrogen-bond acceptors (Lipinski definition) is 3. The van der Waals surface area contributed by atoms with Gasteiger partial charge in [-0.2, -0.15) is 10.2 Å². The van der Waals surface area contributed by atoms with Crippen LogP contribution in [0.3, 0.4) is 0 Å². The summed E-state index contributed by atoms with van der Waals surface area (Å²) in [5, 5.41) is 12.2. The van der Waals surface area contributed by atoms with Crippen LogP contribution in [0, 0.1) is 60.7 Å². The first-order valence-corrected chi connectivity index (χ1v) is 14.6. The van der Waals surface area contributed by atoms with E-state index >= 15 is 0 Å². The quantitative estimate of drug-likeness (QED) is 0.146. The standard InChI is InChI=1S/C32H30F5N5O/c1-16-29(17(2)41(39-16)14-22-24(33)26(35)28(37)27(36)25(22)34)38-31(43)23-15-42(21-6-4-3-5-7-21)40-30(23)32-11-18-8-19(12-32)10-20(9-18)13-32/h3-7,15,18-20H,8-14H2,1-2H3,(H,38,43). The van der Waals surface area contributed by atoms with Gasteiger partial charge in [-0.15, -0.1) is 0 Å². The van der Waals surface area contributed by atoms with Crippen LogP contribution in [0.2, 0.25) is 0 Å². The number of aromatic nitrogens is 4. The minimum absolute atomic E-state index is 0.179. The molecule has 4 fully saturated rings. The van der Waals surface area contributed by atoms with Crippen LogP contribution in [0.25, 0.3) is 5.69 Å². The van der Waals surface area contributed by atoms with Crippen molar-refractivity contribution in [2.75, 3.05) is 5.32 Å². The van der Waals surface area contributed by atoms with Gasteiger partial charge < -0.3 is 5.32 Å². The Balaban J connectivity index is 1.24. The number of hydrogen-bond donors (Lipinski definition) is 1. The molecule has 6 nitrogen and oxygen atoms in total. The van der Waals surface area contributed by atoms with Gasteiger partial charge in [0.1, 0.15) is 0 Å². The molecule has 1 amide bonds. The van der Waals surface area contributed by atoms with Gasteiger partial charge in [-0.25, -0.2) is 26.6 Å². The number of nitrogens with zero attached hydrogens (tertiary/aromatic N) is 4. The van der Waals surface area contributed by atoms with Crippen molar-refractivity contribution in [1.29, 1.82) is 0 Å². The lowest BCUT2D eigenvalue weighted by atomic mass is 9.48. The molecule has 0 aliphatic heterocycles. The van der Waals surface area contributed by atoms with E-state index in [2.05, 4.69) is 10.4 Å². The second-order valence-electron chi connectivity index (χ2n) is 12.6. The smallest absolute Gasteiger partial charge is 0.259 e. The Morgan fingerprint density at radius 2 is 1.42 bits per heavy atom. The normalized spacial score (nSPS) is 24.1. The number of nitrogens with one attached hydrogen (secondary N) is 1. The van der Waals surface area contributed by atoms with Crippen LogP contribution in [0.1, 0.15) is 71.5 Å². The van der Waals surface area contributed by atoms with Gasteiger partial charge in [-0.05, 0) is 82.3 Å². The number of para-hydroxylation sites is 1. The highest BCUT2D eigenvalue weighted by atomic mass is 19.2. The molecule has 11 heteroatoms. The second kappa shape index (κ2) is 10.0. The van der Waals surface area contributed by atoms with Crippen molar-refractivity contribution < 1.29 is 26.7 Å². The van der Waals surface area contributed by atoms with Crippen LogP contribution in [-0.2, 0) is 12.0 Å². The molecule has 43 heavy (non-hydrogen) atoms. The number of amides is 1. The fourth-order valence-corrected chi connectivity index (χ4v) is 8.20. The molecule has 0 radical (unpaired) electrons. The molecular weight excluding hydrogens is 565 g/mol. The summed E-state index contributed by atoms with van der Waals surface area (Å²) in [6, 6.07) is 9.58. The van der Waals surface area contributed by atoms with E-state index < -0.39 is 47.1 Å². The molecule has 4 aliphatic rings. The first-order valence-electron chi connectivity index (χ1n) is 14.6. The topological polar surface area (TPSA) is 64.7 Å². The molecule has 0 saturated heterocycles. The van der Waals surface area contributed by atoms with Crippen molar-refractivity contribution in [2.24, 2.45) is 17.8 Å². The van der Waals surface area contributed by atoms with Crippen LogP contribution >= 0.6 is 0 Å². The maximum absolute atomic E-state index is 14.4. The van der Waals surface area contributed by atoms with Crippen molar-refractivity contribution in [3.63, 3.8) is 0 Å². The fraction of sp³-hybridized carbons (Fsp3) is 0.406. The summed E-state index contributed by atoms with van der Waals surface area (Å²) in [7, 11) is 0. The molecule has 4 aromatic rings. The Hall–Kier alpha value is -4.02. The molecule has 2 aromatic heterocycles. The highest BCUT2D eigenvalue weighted by Gasteiger charge is 2.54. The first kappa shape index (κ1) is 27.8. The highest BCUT2D eigenvalue weighted by Crippen LogP contribution is 2.61. The molecule has 8 rings (SSSR count). The second-order valence-corrected chi connectivity index (χ2v) is 12.6. The van der Waals surface area contributed by atoms with Gasteiger partial charge in [-0.1, -0.05) is 18.2 Å². The summed E-state index contributed by atoms with van der Waals surface area (Å²) in [5.74, 6) is -8.57. The summed E-state index contributed by atoms with van der Waals surface area (Å²) < 4.78 is 72.9. The Bertz CT molecular complexity index is 1700. The van der Waals surface area contributed by atoms with Crippen LogP contribution in [-0.4, -0.2) is 25.5 Å². The predicted octanol–water partition coefficient (Wildman–Crippen LogP) is 7.15. The molecular formula is C32H30F5N5O. The lowest BCUT2D eigenvalue weighted by Crippen LogP contribution is -2.49. The van der Waals surface area contributed by atoms with Gasteiger partial charge in [-0.3, -0.25) is 9.48 Å². The molecule has 224 valence electrons. The molecule has 0 unspecified atom stereocenters. The lowest BCUT2D eigenvalue weighted by molar-refractivity contribution is -0.00765. The summed E-state index contributed by atoms with van der Waals surface area (Å²) in [5.41, 5.74) is 1.83. The van der Waals surface area contributed by atoms with Gasteiger partial charge in [0, 0.05) is 11.6 Å². The zero-order valence-corrected chi connectivity index (χ0v) is 23.7. The molecule has 2 heterocycles. The van der Waals surface area contributed by atoms with Crippen LogP contribution < -0.4 is 5.32 Å². The Kier molecular flexibility index (Phi) is 6.48. The van der Waals surface area contributed by atoms with E-state index in [0.717, 1.165) is 35.3 Å². The van der Waals surface area contributed by atoms with Crippen molar-refractivity contribution in [3.05, 3.63) is 93.8 Å². The molecule has 2 aromatic carbocycles. The number of rotatable bonds is 6. The van der Waals surface area contributed by atoms with E-state index in [1.807, 2.05) is 30.3 Å². The first-order chi connectivity index (χ1) is 20.5. The molecule has 1 N–H and O–H groups in total. The minimum Gasteiger partial charge on any atom is -0.319 e. The number of carbonyl (C=O) groups is 1. The maximum atomic E-state index is 14.4. The average molecular weight is 596 g/mol. The number of carbonyl (C=O) groups excluding carboxylic acids is 1. The monoisotopic (exact) mass is 595 g/mol. The van der Waals surface area contributed by atoms with E-state index in [4.69, 9.17) is 5.10 Å². The van der Waals surface area contributed by atoms with E-state index in [1.165, 1.54) is 19.3 Å². The van der Waals surface area contributed by atoms with Gasteiger partial charge in [0.15, 0.2) is 23.3 Å². The summed E-state index contributed by atoms with van der Waals surface area (Å²) in [6.07, 6.45) is 8.47.